The van der Waals surface area contributed by atoms with Gasteiger partial charge < -0.3 is 20.3 Å². The second kappa shape index (κ2) is 7.58. The summed E-state index contributed by atoms with van der Waals surface area (Å²) in [6.07, 6.45) is 3.64. The van der Waals surface area contributed by atoms with Crippen molar-refractivity contribution in [1.29, 1.82) is 0 Å². The number of hydrogen-bond acceptors (Lipinski definition) is 5. The van der Waals surface area contributed by atoms with Crippen molar-refractivity contribution < 1.29 is 4.74 Å². The first-order chi connectivity index (χ1) is 10.5. The molecule has 1 atom stereocenters. The Morgan fingerprint density at radius 2 is 2.18 bits per heavy atom. The average molecular weight is 323 g/mol. The molecule has 0 aromatic carbocycles. The van der Waals surface area contributed by atoms with E-state index in [9.17, 15) is 0 Å². The molecule has 0 spiro atoms. The lowest BCUT2D eigenvalue weighted by molar-refractivity contribution is 0.396. The first-order valence-electron chi connectivity index (χ1n) is 7.77. The Balaban J connectivity index is 2.20. The van der Waals surface area contributed by atoms with Gasteiger partial charge in [-0.05, 0) is 52.3 Å². The predicted molar refractivity (Wildman–Crippen MR) is 93.7 cm³/mol. The van der Waals surface area contributed by atoms with Gasteiger partial charge >= 0.3 is 0 Å². The zero-order chi connectivity index (χ0) is 16.1. The quantitative estimate of drug-likeness (QED) is 0.826. The summed E-state index contributed by atoms with van der Waals surface area (Å²) in [4.78, 5) is 11.2. The fourth-order valence-electron chi connectivity index (χ4n) is 2.56. The number of methoxy groups -OCH3 is 1. The molecule has 22 heavy (non-hydrogen) atoms. The number of nitrogens with zero attached hydrogens (tertiary/aromatic N) is 3. The molecule has 1 aliphatic heterocycles. The standard InChI is InChI=1S/C15H25N5OS/c1-10(2)16-15(22)19-14-17-12(9-13(18-14)21-4)20-8-6-5-7-11(20)3/h9-11H,5-8H2,1-4H3,(H2,16,17,18,19,22)/t11-/m0/s1. The van der Waals surface area contributed by atoms with Gasteiger partial charge in [-0.1, -0.05) is 0 Å². The molecule has 1 aliphatic rings. The second-order valence-corrected chi connectivity index (χ2v) is 6.29. The van der Waals surface area contributed by atoms with Gasteiger partial charge in [0.2, 0.25) is 11.8 Å². The molecule has 0 aliphatic carbocycles. The summed E-state index contributed by atoms with van der Waals surface area (Å²) in [5, 5.41) is 6.67. The van der Waals surface area contributed by atoms with Gasteiger partial charge in [0.15, 0.2) is 5.11 Å². The highest BCUT2D eigenvalue weighted by atomic mass is 32.1. The minimum Gasteiger partial charge on any atom is -0.481 e. The summed E-state index contributed by atoms with van der Waals surface area (Å²) in [6.45, 7) is 7.30. The van der Waals surface area contributed by atoms with Crippen molar-refractivity contribution in [2.24, 2.45) is 0 Å². The lowest BCUT2D eigenvalue weighted by atomic mass is 10.0. The van der Waals surface area contributed by atoms with Gasteiger partial charge in [-0.3, -0.25) is 0 Å². The smallest absolute Gasteiger partial charge is 0.234 e. The van der Waals surface area contributed by atoms with Gasteiger partial charge in [-0.15, -0.1) is 0 Å². The van der Waals surface area contributed by atoms with Crippen LogP contribution in [0.4, 0.5) is 11.8 Å². The van der Waals surface area contributed by atoms with Crippen molar-refractivity contribution >= 4 is 29.1 Å². The summed E-state index contributed by atoms with van der Waals surface area (Å²) in [5.74, 6) is 1.89. The van der Waals surface area contributed by atoms with Crippen LogP contribution in [0.3, 0.4) is 0 Å². The molecule has 1 fully saturated rings. The van der Waals surface area contributed by atoms with Crippen LogP contribution in [0.15, 0.2) is 6.07 Å². The number of ether oxygens (including phenoxy) is 1. The second-order valence-electron chi connectivity index (χ2n) is 5.88. The lowest BCUT2D eigenvalue weighted by Gasteiger charge is -2.34. The maximum Gasteiger partial charge on any atom is 0.234 e. The highest BCUT2D eigenvalue weighted by molar-refractivity contribution is 7.80. The van der Waals surface area contributed by atoms with Crippen LogP contribution >= 0.6 is 12.2 Å². The molecule has 0 saturated carbocycles. The van der Waals surface area contributed by atoms with Gasteiger partial charge in [0.1, 0.15) is 5.82 Å². The van der Waals surface area contributed by atoms with E-state index in [-0.39, 0.29) is 6.04 Å². The Morgan fingerprint density at radius 3 is 2.82 bits per heavy atom. The van der Waals surface area contributed by atoms with Crippen LogP contribution in [-0.2, 0) is 0 Å². The van der Waals surface area contributed by atoms with E-state index in [2.05, 4.69) is 32.4 Å². The van der Waals surface area contributed by atoms with Gasteiger partial charge in [0.05, 0.1) is 7.11 Å². The van der Waals surface area contributed by atoms with Crippen LogP contribution in [0.5, 0.6) is 5.88 Å². The summed E-state index contributed by atoms with van der Waals surface area (Å²) < 4.78 is 5.30. The monoisotopic (exact) mass is 323 g/mol. The molecule has 0 radical (unpaired) electrons. The van der Waals surface area contributed by atoms with Gasteiger partial charge in [-0.25, -0.2) is 0 Å². The van der Waals surface area contributed by atoms with Crippen LogP contribution < -0.4 is 20.3 Å². The molecule has 7 heteroatoms. The molecule has 6 nitrogen and oxygen atoms in total. The van der Waals surface area contributed by atoms with Gasteiger partial charge in [-0.2, -0.15) is 9.97 Å². The van der Waals surface area contributed by atoms with Crippen LogP contribution in [0, 0.1) is 0 Å². The molecule has 1 saturated heterocycles. The van der Waals surface area contributed by atoms with E-state index in [0.29, 0.717) is 23.0 Å². The molecular formula is C15H25N5OS. The van der Waals surface area contributed by atoms with E-state index in [1.165, 1.54) is 19.3 Å². The van der Waals surface area contributed by atoms with Crippen molar-refractivity contribution in [2.45, 2.75) is 52.1 Å². The Labute approximate surface area is 137 Å². The third kappa shape index (κ3) is 4.43. The van der Waals surface area contributed by atoms with Crippen molar-refractivity contribution in [3.05, 3.63) is 6.07 Å². The van der Waals surface area contributed by atoms with E-state index in [1.54, 1.807) is 7.11 Å². The highest BCUT2D eigenvalue weighted by Crippen LogP contribution is 2.26. The van der Waals surface area contributed by atoms with Crippen LogP contribution in [-0.4, -0.2) is 40.8 Å². The van der Waals surface area contributed by atoms with Gasteiger partial charge in [0, 0.05) is 24.7 Å². The minimum atomic E-state index is 0.257. The highest BCUT2D eigenvalue weighted by Gasteiger charge is 2.21. The van der Waals surface area contributed by atoms with E-state index in [0.717, 1.165) is 12.4 Å². The third-order valence-electron chi connectivity index (χ3n) is 3.64. The van der Waals surface area contributed by atoms with E-state index in [1.807, 2.05) is 19.9 Å². The zero-order valence-corrected chi connectivity index (χ0v) is 14.5. The normalized spacial score (nSPS) is 18.2. The average Bonchev–Trinajstić information content (AvgIpc) is 2.46. The van der Waals surface area contributed by atoms with E-state index < -0.39 is 0 Å². The van der Waals surface area contributed by atoms with Crippen molar-refractivity contribution in [3.8, 4) is 5.88 Å². The predicted octanol–water partition coefficient (Wildman–Crippen LogP) is 2.56. The lowest BCUT2D eigenvalue weighted by Crippen LogP contribution is -2.38. The molecular weight excluding hydrogens is 298 g/mol. The Morgan fingerprint density at radius 1 is 1.41 bits per heavy atom. The number of nitrogens with one attached hydrogen (secondary N) is 2. The molecule has 2 N–H and O–H groups in total. The molecule has 0 amide bonds. The van der Waals surface area contributed by atoms with E-state index >= 15 is 0 Å². The van der Waals surface area contributed by atoms with E-state index in [4.69, 9.17) is 17.0 Å². The maximum atomic E-state index is 5.30. The maximum absolute atomic E-state index is 5.30. The largest absolute Gasteiger partial charge is 0.481 e. The molecule has 1 aromatic rings. The fraction of sp³-hybridized carbons (Fsp3) is 0.667. The summed E-state index contributed by atoms with van der Waals surface area (Å²) in [7, 11) is 1.61. The number of hydrogen-bond donors (Lipinski definition) is 2. The number of thiocarbonyl (C=S) groups is 1. The Hall–Kier alpha value is -1.63. The van der Waals surface area contributed by atoms with Gasteiger partial charge in [0.25, 0.3) is 0 Å². The number of rotatable bonds is 4. The first-order valence-corrected chi connectivity index (χ1v) is 8.17. The molecule has 0 unspecified atom stereocenters. The first kappa shape index (κ1) is 16.7. The topological polar surface area (TPSA) is 62.3 Å². The SMILES string of the molecule is COc1cc(N2CCCC[C@@H]2C)nc(NC(=S)NC(C)C)n1. The summed E-state index contributed by atoms with van der Waals surface area (Å²) in [5.41, 5.74) is 0. The molecule has 2 rings (SSSR count). The van der Waals surface area contributed by atoms with Crippen molar-refractivity contribution in [2.75, 3.05) is 23.9 Å². The fourth-order valence-corrected chi connectivity index (χ4v) is 2.89. The third-order valence-corrected chi connectivity index (χ3v) is 3.86. The Kier molecular flexibility index (Phi) is 5.76. The van der Waals surface area contributed by atoms with Crippen LogP contribution in [0.2, 0.25) is 0 Å². The summed E-state index contributed by atoms with van der Waals surface area (Å²) in [6, 6.07) is 2.61. The molecule has 122 valence electrons. The molecule has 1 aromatic heterocycles. The zero-order valence-electron chi connectivity index (χ0n) is 13.7. The number of anilines is 2. The van der Waals surface area contributed by atoms with Crippen LogP contribution in [0.1, 0.15) is 40.0 Å². The minimum absolute atomic E-state index is 0.257. The molecule has 2 heterocycles. The Bertz CT molecular complexity index is 523. The number of piperidine rings is 1. The van der Waals surface area contributed by atoms with Crippen molar-refractivity contribution in [3.63, 3.8) is 0 Å². The van der Waals surface area contributed by atoms with Crippen molar-refractivity contribution in [1.82, 2.24) is 15.3 Å². The summed E-state index contributed by atoms with van der Waals surface area (Å²) >= 11 is 5.26. The number of aromatic nitrogens is 2. The molecule has 0 bridgehead atoms. The van der Waals surface area contributed by atoms with Crippen LogP contribution in [0.25, 0.3) is 0 Å².